The molecule has 0 aliphatic rings. The number of hydrogen-bond acceptors (Lipinski definition) is 5. The number of aliphatic hydroxyl groups is 2. The topological polar surface area (TPSA) is 95.9 Å². The van der Waals surface area contributed by atoms with E-state index in [4.69, 9.17) is 4.74 Å². The summed E-state index contributed by atoms with van der Waals surface area (Å²) in [5, 5.41) is 23.6. The second kappa shape index (κ2) is 45.6. The van der Waals surface area contributed by atoms with Crippen LogP contribution in [0, 0.1) is 0 Å². The molecule has 0 saturated heterocycles. The Morgan fingerprint density at radius 2 is 1.02 bits per heavy atom. The highest BCUT2D eigenvalue weighted by Gasteiger charge is 2.24. The van der Waals surface area contributed by atoms with E-state index in [1.54, 1.807) is 0 Å². The van der Waals surface area contributed by atoms with Gasteiger partial charge in [0.1, 0.15) is 6.10 Å². The Morgan fingerprint density at radius 1 is 0.525 bits per heavy atom. The number of hydrogen-bond donors (Lipinski definition) is 3. The zero-order chi connectivity index (χ0) is 43.1. The van der Waals surface area contributed by atoms with Gasteiger partial charge >= 0.3 is 5.97 Å². The fraction of sp³-hybridized carbons (Fsp3) is 0.623. The van der Waals surface area contributed by atoms with Crippen LogP contribution in [0.25, 0.3) is 0 Å². The van der Waals surface area contributed by atoms with Crippen molar-refractivity contribution >= 4 is 11.9 Å². The standard InChI is InChI=1S/C53H87NO5/c1-4-7-10-13-16-19-22-24-25-26-28-31-34-37-40-43-46-53(58)59-49(44-41-38-35-32-30-27-23-20-17-14-11-8-5-2)47-52(57)54-50(48-55)51(56)45-42-39-36-33-29-21-18-15-12-9-6-3/h7-8,10-11,14,16-17,19-20,23-25,27-28,30-32,35,49-51,55-56H,4-6,9,12-13,15,18,21-22,26,29,33-34,36-48H2,1-3H3,(H,54,57)/b10-7+,11-8+,17-14+,19-16+,23-20-,25-24+,30-27-,31-28+,35-32+. The van der Waals surface area contributed by atoms with Gasteiger partial charge in [-0.2, -0.15) is 0 Å². The third-order valence-electron chi connectivity index (χ3n) is 9.98. The van der Waals surface area contributed by atoms with Gasteiger partial charge < -0.3 is 20.3 Å². The van der Waals surface area contributed by atoms with E-state index in [1.807, 2.05) is 48.6 Å². The van der Waals surface area contributed by atoms with Crippen molar-refractivity contribution in [2.45, 2.75) is 206 Å². The molecular weight excluding hydrogens is 731 g/mol. The summed E-state index contributed by atoms with van der Waals surface area (Å²) in [6.07, 6.45) is 61.5. The SMILES string of the molecule is CC/C=C/C=C/C=C\C=C/C=C/CCCC(CC(=O)NC(CO)C(O)CCCCCCCCCCCCC)OC(=O)CCCCC/C=C/C/C=C/C/C=C/C/C=C/CC. The number of amides is 1. The summed E-state index contributed by atoms with van der Waals surface area (Å²) in [4.78, 5) is 26.0. The first kappa shape index (κ1) is 55.5. The molecule has 0 rings (SSSR count). The van der Waals surface area contributed by atoms with Crippen molar-refractivity contribution in [1.29, 1.82) is 0 Å². The Kier molecular flexibility index (Phi) is 42.9. The normalized spacial score (nSPS) is 14.3. The Morgan fingerprint density at radius 3 is 1.59 bits per heavy atom. The lowest BCUT2D eigenvalue weighted by Crippen LogP contribution is -2.46. The molecule has 0 spiro atoms. The van der Waals surface area contributed by atoms with Crippen LogP contribution in [0.4, 0.5) is 0 Å². The number of allylic oxidation sites excluding steroid dienone is 18. The first-order chi connectivity index (χ1) is 29.0. The van der Waals surface area contributed by atoms with Gasteiger partial charge in [-0.05, 0) is 77.0 Å². The van der Waals surface area contributed by atoms with Crippen molar-refractivity contribution in [3.05, 3.63) is 109 Å². The predicted octanol–water partition coefficient (Wildman–Crippen LogP) is 13.9. The van der Waals surface area contributed by atoms with Crippen LogP contribution >= 0.6 is 0 Å². The van der Waals surface area contributed by atoms with Crippen molar-refractivity contribution in [3.63, 3.8) is 0 Å². The number of ether oxygens (including phenoxy) is 1. The van der Waals surface area contributed by atoms with Crippen molar-refractivity contribution in [3.8, 4) is 0 Å². The maximum absolute atomic E-state index is 13.1. The quantitative estimate of drug-likeness (QED) is 0.0248. The molecule has 3 N–H and O–H groups in total. The third-order valence-corrected chi connectivity index (χ3v) is 9.98. The molecule has 0 heterocycles. The Labute approximate surface area is 362 Å². The van der Waals surface area contributed by atoms with E-state index >= 15 is 0 Å². The molecule has 0 aliphatic carbocycles. The number of carbonyl (C=O) groups excluding carboxylic acids is 2. The molecule has 0 saturated carbocycles. The van der Waals surface area contributed by atoms with Crippen LogP contribution < -0.4 is 5.32 Å². The molecule has 6 nitrogen and oxygen atoms in total. The molecule has 59 heavy (non-hydrogen) atoms. The number of esters is 1. The van der Waals surface area contributed by atoms with E-state index in [9.17, 15) is 19.8 Å². The average Bonchev–Trinajstić information content (AvgIpc) is 3.23. The molecule has 3 unspecified atom stereocenters. The molecule has 0 bridgehead atoms. The number of carbonyl (C=O) groups is 2. The summed E-state index contributed by atoms with van der Waals surface area (Å²) < 4.78 is 5.86. The van der Waals surface area contributed by atoms with Crippen LogP contribution in [-0.4, -0.2) is 46.9 Å². The first-order valence-electron chi connectivity index (χ1n) is 23.7. The zero-order valence-corrected chi connectivity index (χ0v) is 37.8. The molecular formula is C53H87NO5. The van der Waals surface area contributed by atoms with Gasteiger partial charge in [0.15, 0.2) is 0 Å². The Bertz CT molecular complexity index is 1240. The summed E-state index contributed by atoms with van der Waals surface area (Å²) in [6, 6.07) is -0.737. The van der Waals surface area contributed by atoms with E-state index in [2.05, 4.69) is 86.8 Å². The molecule has 0 fully saturated rings. The summed E-state index contributed by atoms with van der Waals surface area (Å²) in [5.41, 5.74) is 0. The minimum Gasteiger partial charge on any atom is -0.462 e. The van der Waals surface area contributed by atoms with Crippen molar-refractivity contribution in [2.24, 2.45) is 0 Å². The van der Waals surface area contributed by atoms with Crippen molar-refractivity contribution in [2.75, 3.05) is 6.61 Å². The number of aliphatic hydroxyl groups excluding tert-OH is 2. The predicted molar refractivity (Wildman–Crippen MR) is 254 cm³/mol. The van der Waals surface area contributed by atoms with Crippen LogP contribution in [0.15, 0.2) is 109 Å². The summed E-state index contributed by atoms with van der Waals surface area (Å²) in [7, 11) is 0. The minimum atomic E-state index is -0.817. The summed E-state index contributed by atoms with van der Waals surface area (Å²) in [6.45, 7) is 6.16. The number of rotatable bonds is 40. The van der Waals surface area contributed by atoms with E-state index in [0.29, 0.717) is 19.3 Å². The molecule has 0 aromatic rings. The summed E-state index contributed by atoms with van der Waals surface area (Å²) in [5.74, 6) is -0.596. The molecule has 334 valence electrons. The van der Waals surface area contributed by atoms with E-state index < -0.39 is 18.2 Å². The second-order valence-corrected chi connectivity index (χ2v) is 15.5. The number of nitrogens with one attached hydrogen (secondary N) is 1. The molecule has 3 atom stereocenters. The van der Waals surface area contributed by atoms with E-state index in [-0.39, 0.29) is 24.9 Å². The Balaban J connectivity index is 4.79. The Hall–Kier alpha value is -3.48. The zero-order valence-electron chi connectivity index (χ0n) is 37.8. The van der Waals surface area contributed by atoms with Crippen molar-refractivity contribution < 1.29 is 24.5 Å². The maximum Gasteiger partial charge on any atom is 0.306 e. The van der Waals surface area contributed by atoms with Gasteiger partial charge in [0.05, 0.1) is 25.2 Å². The van der Waals surface area contributed by atoms with Gasteiger partial charge in [0.25, 0.3) is 0 Å². The lowest BCUT2D eigenvalue weighted by molar-refractivity contribution is -0.151. The van der Waals surface area contributed by atoms with Crippen molar-refractivity contribution in [1.82, 2.24) is 5.32 Å². The van der Waals surface area contributed by atoms with Gasteiger partial charge in [0, 0.05) is 6.42 Å². The van der Waals surface area contributed by atoms with Gasteiger partial charge in [-0.15, -0.1) is 0 Å². The second-order valence-electron chi connectivity index (χ2n) is 15.5. The van der Waals surface area contributed by atoms with Gasteiger partial charge in [0.2, 0.25) is 5.91 Å². The molecule has 0 radical (unpaired) electrons. The van der Waals surface area contributed by atoms with Crippen LogP contribution in [0.5, 0.6) is 0 Å². The highest BCUT2D eigenvalue weighted by Crippen LogP contribution is 2.16. The molecule has 0 aliphatic heterocycles. The molecule has 0 aromatic carbocycles. The van der Waals surface area contributed by atoms with Gasteiger partial charge in [-0.3, -0.25) is 9.59 Å². The minimum absolute atomic E-state index is 0.00854. The molecule has 1 amide bonds. The highest BCUT2D eigenvalue weighted by molar-refractivity contribution is 5.77. The summed E-state index contributed by atoms with van der Waals surface area (Å²) >= 11 is 0. The van der Waals surface area contributed by atoms with Gasteiger partial charge in [-0.1, -0.05) is 207 Å². The molecule has 0 aromatic heterocycles. The largest absolute Gasteiger partial charge is 0.462 e. The smallest absolute Gasteiger partial charge is 0.306 e. The van der Waals surface area contributed by atoms with Crippen LogP contribution in [0.2, 0.25) is 0 Å². The lowest BCUT2D eigenvalue weighted by Gasteiger charge is -2.24. The fourth-order valence-electron chi connectivity index (χ4n) is 6.45. The van der Waals surface area contributed by atoms with Gasteiger partial charge in [-0.25, -0.2) is 0 Å². The lowest BCUT2D eigenvalue weighted by atomic mass is 10.0. The van der Waals surface area contributed by atoms with Crippen LogP contribution in [0.1, 0.15) is 188 Å². The van der Waals surface area contributed by atoms with E-state index in [0.717, 1.165) is 89.9 Å². The first-order valence-corrected chi connectivity index (χ1v) is 23.7. The maximum atomic E-state index is 13.1. The average molecular weight is 818 g/mol. The number of unbranched alkanes of at least 4 members (excludes halogenated alkanes) is 14. The molecule has 6 heteroatoms. The monoisotopic (exact) mass is 818 g/mol. The highest BCUT2D eigenvalue weighted by atomic mass is 16.5. The van der Waals surface area contributed by atoms with Crippen LogP contribution in [-0.2, 0) is 14.3 Å². The van der Waals surface area contributed by atoms with Crippen LogP contribution in [0.3, 0.4) is 0 Å². The third kappa shape index (κ3) is 41.1. The fourth-order valence-corrected chi connectivity index (χ4v) is 6.45. The van der Waals surface area contributed by atoms with E-state index in [1.165, 1.54) is 51.4 Å².